The van der Waals surface area contributed by atoms with Crippen molar-refractivity contribution in [3.63, 3.8) is 0 Å². The van der Waals surface area contributed by atoms with Gasteiger partial charge in [0.15, 0.2) is 0 Å². The third-order valence-corrected chi connectivity index (χ3v) is 2.96. The smallest absolute Gasteiger partial charge is 0.0118 e. The molecule has 0 aromatic carbocycles. The lowest BCUT2D eigenvalue weighted by Gasteiger charge is -2.30. The zero-order valence-electron chi connectivity index (χ0n) is 8.84. The lowest BCUT2D eigenvalue weighted by molar-refractivity contribution is 0.179. The Morgan fingerprint density at radius 2 is 1.75 bits per heavy atom. The highest BCUT2D eigenvalue weighted by Crippen LogP contribution is 2.20. The molecule has 0 amide bonds. The fraction of sp³-hybridized carbons (Fsp3) is 1.00. The number of hydrogen-bond acceptors (Lipinski definition) is 1. The van der Waals surface area contributed by atoms with Gasteiger partial charge in [-0.25, -0.2) is 0 Å². The molecule has 1 unspecified atom stereocenters. The SMILES string of the molecule is CCCC(C(C)C)N1CCCC1. The van der Waals surface area contributed by atoms with Crippen LogP contribution in [-0.4, -0.2) is 24.0 Å². The molecule has 0 saturated carbocycles. The van der Waals surface area contributed by atoms with Gasteiger partial charge in [0.2, 0.25) is 0 Å². The van der Waals surface area contributed by atoms with Crippen molar-refractivity contribution in [3.05, 3.63) is 0 Å². The van der Waals surface area contributed by atoms with Crippen LogP contribution in [0.3, 0.4) is 0 Å². The van der Waals surface area contributed by atoms with Crippen LogP contribution in [0.1, 0.15) is 46.5 Å². The van der Waals surface area contributed by atoms with Crippen molar-refractivity contribution in [2.24, 2.45) is 5.92 Å². The van der Waals surface area contributed by atoms with E-state index in [2.05, 4.69) is 25.7 Å². The van der Waals surface area contributed by atoms with E-state index in [-0.39, 0.29) is 0 Å². The molecule has 1 nitrogen and oxygen atoms in total. The zero-order valence-corrected chi connectivity index (χ0v) is 8.84. The second kappa shape index (κ2) is 4.86. The summed E-state index contributed by atoms with van der Waals surface area (Å²) in [6.45, 7) is 9.72. The van der Waals surface area contributed by atoms with Crippen LogP contribution in [0.15, 0.2) is 0 Å². The van der Waals surface area contributed by atoms with Crippen LogP contribution in [0.4, 0.5) is 0 Å². The Balaban J connectivity index is 2.40. The number of rotatable bonds is 4. The minimum atomic E-state index is 0.836. The Labute approximate surface area is 77.1 Å². The molecule has 1 heteroatoms. The van der Waals surface area contributed by atoms with Crippen molar-refractivity contribution in [3.8, 4) is 0 Å². The molecule has 1 aliphatic heterocycles. The Morgan fingerprint density at radius 1 is 1.17 bits per heavy atom. The summed E-state index contributed by atoms with van der Waals surface area (Å²) in [5.74, 6) is 0.836. The van der Waals surface area contributed by atoms with Crippen LogP contribution < -0.4 is 0 Å². The monoisotopic (exact) mass is 169 g/mol. The molecule has 1 aliphatic rings. The first-order valence-electron chi connectivity index (χ1n) is 5.49. The van der Waals surface area contributed by atoms with Crippen LogP contribution in [0.2, 0.25) is 0 Å². The Morgan fingerprint density at radius 3 is 2.17 bits per heavy atom. The lowest BCUT2D eigenvalue weighted by Crippen LogP contribution is -2.36. The first-order chi connectivity index (χ1) is 5.75. The average molecular weight is 169 g/mol. The topological polar surface area (TPSA) is 3.24 Å². The Bertz CT molecular complexity index is 114. The fourth-order valence-electron chi connectivity index (χ4n) is 2.31. The summed E-state index contributed by atoms with van der Waals surface area (Å²) < 4.78 is 0. The molecule has 12 heavy (non-hydrogen) atoms. The van der Waals surface area contributed by atoms with E-state index in [0.717, 1.165) is 12.0 Å². The van der Waals surface area contributed by atoms with Gasteiger partial charge in [-0.2, -0.15) is 0 Å². The van der Waals surface area contributed by atoms with Crippen molar-refractivity contribution >= 4 is 0 Å². The van der Waals surface area contributed by atoms with E-state index in [1.807, 2.05) is 0 Å². The van der Waals surface area contributed by atoms with Crippen LogP contribution in [-0.2, 0) is 0 Å². The molecule has 0 aliphatic carbocycles. The van der Waals surface area contributed by atoms with Gasteiger partial charge < -0.3 is 4.90 Å². The molecule has 0 aromatic rings. The maximum atomic E-state index is 2.69. The van der Waals surface area contributed by atoms with Gasteiger partial charge in [0.25, 0.3) is 0 Å². The summed E-state index contributed by atoms with van der Waals surface area (Å²) in [6.07, 6.45) is 5.57. The zero-order chi connectivity index (χ0) is 8.97. The molecule has 1 heterocycles. The Kier molecular flexibility index (Phi) is 4.07. The van der Waals surface area contributed by atoms with Crippen LogP contribution in [0, 0.1) is 5.92 Å². The molecule has 0 bridgehead atoms. The third kappa shape index (κ3) is 2.48. The maximum Gasteiger partial charge on any atom is 0.0118 e. The minimum absolute atomic E-state index is 0.836. The van der Waals surface area contributed by atoms with E-state index < -0.39 is 0 Å². The molecule has 1 rings (SSSR count). The quantitative estimate of drug-likeness (QED) is 0.625. The summed E-state index contributed by atoms with van der Waals surface area (Å²) >= 11 is 0. The van der Waals surface area contributed by atoms with Crippen molar-refractivity contribution < 1.29 is 0 Å². The fourth-order valence-corrected chi connectivity index (χ4v) is 2.31. The van der Waals surface area contributed by atoms with Crippen molar-refractivity contribution in [1.29, 1.82) is 0 Å². The van der Waals surface area contributed by atoms with E-state index in [0.29, 0.717) is 0 Å². The standard InChI is InChI=1S/C11H23N/c1-4-7-11(10(2)3)12-8-5-6-9-12/h10-11H,4-9H2,1-3H3. The molecular weight excluding hydrogens is 146 g/mol. The summed E-state index contributed by atoms with van der Waals surface area (Å²) in [7, 11) is 0. The van der Waals surface area contributed by atoms with Crippen molar-refractivity contribution in [2.75, 3.05) is 13.1 Å². The highest BCUT2D eigenvalue weighted by molar-refractivity contribution is 4.78. The first kappa shape index (κ1) is 10.0. The lowest BCUT2D eigenvalue weighted by atomic mass is 9.98. The normalized spacial score (nSPS) is 22.0. The summed E-state index contributed by atoms with van der Waals surface area (Å²) in [5, 5.41) is 0. The van der Waals surface area contributed by atoms with Gasteiger partial charge >= 0.3 is 0 Å². The van der Waals surface area contributed by atoms with E-state index in [4.69, 9.17) is 0 Å². The van der Waals surface area contributed by atoms with E-state index in [1.54, 1.807) is 0 Å². The molecular formula is C11H23N. The number of nitrogens with zero attached hydrogens (tertiary/aromatic N) is 1. The molecule has 0 spiro atoms. The van der Waals surface area contributed by atoms with E-state index in [9.17, 15) is 0 Å². The molecule has 72 valence electrons. The second-order valence-corrected chi connectivity index (χ2v) is 4.34. The summed E-state index contributed by atoms with van der Waals surface area (Å²) in [4.78, 5) is 2.69. The van der Waals surface area contributed by atoms with Gasteiger partial charge in [-0.15, -0.1) is 0 Å². The molecule has 0 N–H and O–H groups in total. The highest BCUT2D eigenvalue weighted by Gasteiger charge is 2.23. The summed E-state index contributed by atoms with van der Waals surface area (Å²) in [6, 6.07) is 0.859. The van der Waals surface area contributed by atoms with E-state index >= 15 is 0 Å². The van der Waals surface area contributed by atoms with Gasteiger partial charge in [0, 0.05) is 6.04 Å². The van der Waals surface area contributed by atoms with Crippen molar-refractivity contribution in [2.45, 2.75) is 52.5 Å². The highest BCUT2D eigenvalue weighted by atomic mass is 15.2. The summed E-state index contributed by atoms with van der Waals surface area (Å²) in [5.41, 5.74) is 0. The largest absolute Gasteiger partial charge is 0.300 e. The molecule has 1 fully saturated rings. The number of hydrogen-bond donors (Lipinski definition) is 0. The van der Waals surface area contributed by atoms with Crippen LogP contribution >= 0.6 is 0 Å². The van der Waals surface area contributed by atoms with Gasteiger partial charge in [0.1, 0.15) is 0 Å². The van der Waals surface area contributed by atoms with Gasteiger partial charge in [-0.1, -0.05) is 27.2 Å². The van der Waals surface area contributed by atoms with Gasteiger partial charge in [-0.05, 0) is 38.3 Å². The second-order valence-electron chi connectivity index (χ2n) is 4.34. The van der Waals surface area contributed by atoms with Gasteiger partial charge in [-0.3, -0.25) is 0 Å². The van der Waals surface area contributed by atoms with E-state index in [1.165, 1.54) is 38.8 Å². The predicted molar refractivity (Wildman–Crippen MR) is 54.3 cm³/mol. The van der Waals surface area contributed by atoms with Crippen molar-refractivity contribution in [1.82, 2.24) is 4.90 Å². The third-order valence-electron chi connectivity index (χ3n) is 2.96. The molecule has 1 saturated heterocycles. The number of likely N-dealkylation sites (tertiary alicyclic amines) is 1. The average Bonchev–Trinajstić information content (AvgIpc) is 2.51. The molecule has 1 atom stereocenters. The first-order valence-corrected chi connectivity index (χ1v) is 5.49. The molecule has 0 aromatic heterocycles. The van der Waals surface area contributed by atoms with Crippen LogP contribution in [0.25, 0.3) is 0 Å². The molecule has 0 radical (unpaired) electrons. The maximum absolute atomic E-state index is 2.69. The van der Waals surface area contributed by atoms with Crippen LogP contribution in [0.5, 0.6) is 0 Å². The minimum Gasteiger partial charge on any atom is -0.300 e. The predicted octanol–water partition coefficient (Wildman–Crippen LogP) is 2.91. The van der Waals surface area contributed by atoms with Gasteiger partial charge in [0.05, 0.1) is 0 Å². The Hall–Kier alpha value is -0.0400.